The maximum Gasteiger partial charge on any atom is 0.0615 e. The number of nitrogens with zero attached hydrogens (tertiary/aromatic N) is 1. The van der Waals surface area contributed by atoms with Gasteiger partial charge < -0.3 is 15.3 Å². The van der Waals surface area contributed by atoms with Crippen LogP contribution in [-0.2, 0) is 0 Å². The summed E-state index contributed by atoms with van der Waals surface area (Å²) < 4.78 is 0. The molecule has 0 saturated heterocycles. The Morgan fingerprint density at radius 2 is 2.05 bits per heavy atom. The molecule has 0 radical (unpaired) electrons. The second kappa shape index (κ2) is 7.05. The highest BCUT2D eigenvalue weighted by Gasteiger charge is 2.41. The van der Waals surface area contributed by atoms with Crippen molar-refractivity contribution in [2.45, 2.75) is 69.9 Å². The summed E-state index contributed by atoms with van der Waals surface area (Å²) in [6.45, 7) is 5.09. The molecule has 2 aliphatic rings. The van der Waals surface area contributed by atoms with Crippen LogP contribution in [0, 0.1) is 5.92 Å². The fourth-order valence-electron chi connectivity index (χ4n) is 3.78. The molecule has 0 bridgehead atoms. The molecule has 2 N–H and O–H groups in total. The molecule has 0 aromatic rings. The van der Waals surface area contributed by atoms with E-state index >= 15 is 0 Å². The smallest absolute Gasteiger partial charge is 0.0615 e. The minimum absolute atomic E-state index is 0.0139. The maximum atomic E-state index is 9.74. The van der Waals surface area contributed by atoms with E-state index in [4.69, 9.17) is 0 Å². The molecule has 0 aromatic heterocycles. The average molecular weight is 268 g/mol. The summed E-state index contributed by atoms with van der Waals surface area (Å²) in [5, 5.41) is 13.2. The lowest BCUT2D eigenvalue weighted by Crippen LogP contribution is -2.50. The SMILES string of the molecule is CCCCN(CCC1CCCC1(CO)NC)C1CC1. The van der Waals surface area contributed by atoms with E-state index < -0.39 is 0 Å². The Bertz CT molecular complexity index is 261. The average Bonchev–Trinajstić information content (AvgIpc) is 3.19. The monoisotopic (exact) mass is 268 g/mol. The molecule has 2 atom stereocenters. The van der Waals surface area contributed by atoms with Gasteiger partial charge in [-0.15, -0.1) is 0 Å². The van der Waals surface area contributed by atoms with E-state index in [9.17, 15) is 5.11 Å². The van der Waals surface area contributed by atoms with Crippen molar-refractivity contribution in [2.75, 3.05) is 26.7 Å². The highest BCUT2D eigenvalue weighted by molar-refractivity contribution is 4.98. The lowest BCUT2D eigenvalue weighted by atomic mass is 9.85. The zero-order valence-electron chi connectivity index (χ0n) is 12.8. The molecule has 3 nitrogen and oxygen atoms in total. The van der Waals surface area contributed by atoms with Gasteiger partial charge in [-0.3, -0.25) is 0 Å². The van der Waals surface area contributed by atoms with Gasteiger partial charge in [-0.05, 0) is 64.6 Å². The van der Waals surface area contributed by atoms with Crippen molar-refractivity contribution in [3.05, 3.63) is 0 Å². The third-order valence-corrected chi connectivity index (χ3v) is 5.36. The molecule has 0 aliphatic heterocycles. The Morgan fingerprint density at radius 1 is 1.26 bits per heavy atom. The summed E-state index contributed by atoms with van der Waals surface area (Å²) in [7, 11) is 2.02. The second-order valence-electron chi connectivity index (χ2n) is 6.56. The summed E-state index contributed by atoms with van der Waals surface area (Å²) in [6, 6.07) is 0.881. The Morgan fingerprint density at radius 3 is 2.63 bits per heavy atom. The summed E-state index contributed by atoms with van der Waals surface area (Å²) in [4.78, 5) is 2.71. The van der Waals surface area contributed by atoms with Gasteiger partial charge in [-0.2, -0.15) is 0 Å². The van der Waals surface area contributed by atoms with Crippen LogP contribution in [0.25, 0.3) is 0 Å². The van der Waals surface area contributed by atoms with Crippen LogP contribution in [0.1, 0.15) is 58.3 Å². The van der Waals surface area contributed by atoms with Gasteiger partial charge in [0.25, 0.3) is 0 Å². The Labute approximate surface area is 118 Å². The van der Waals surface area contributed by atoms with Crippen LogP contribution in [0.2, 0.25) is 0 Å². The fraction of sp³-hybridized carbons (Fsp3) is 1.00. The minimum Gasteiger partial charge on any atom is -0.394 e. The van der Waals surface area contributed by atoms with Gasteiger partial charge in [0.1, 0.15) is 0 Å². The number of hydrogen-bond donors (Lipinski definition) is 2. The van der Waals surface area contributed by atoms with E-state index in [0.717, 1.165) is 12.5 Å². The van der Waals surface area contributed by atoms with E-state index in [1.807, 2.05) is 7.05 Å². The molecule has 2 rings (SSSR count). The highest BCUT2D eigenvalue weighted by Crippen LogP contribution is 2.38. The number of unbranched alkanes of at least 4 members (excludes halogenated alkanes) is 1. The third kappa shape index (κ3) is 3.71. The van der Waals surface area contributed by atoms with Crippen LogP contribution in [0.4, 0.5) is 0 Å². The van der Waals surface area contributed by atoms with Gasteiger partial charge in [0.15, 0.2) is 0 Å². The number of aliphatic hydroxyl groups is 1. The number of rotatable bonds is 9. The molecule has 2 fully saturated rings. The largest absolute Gasteiger partial charge is 0.394 e. The van der Waals surface area contributed by atoms with E-state index in [1.54, 1.807) is 0 Å². The van der Waals surface area contributed by atoms with Crippen molar-refractivity contribution in [2.24, 2.45) is 5.92 Å². The van der Waals surface area contributed by atoms with Gasteiger partial charge in [-0.25, -0.2) is 0 Å². The number of likely N-dealkylation sites (N-methyl/N-ethyl adjacent to an activating group) is 1. The van der Waals surface area contributed by atoms with Crippen molar-refractivity contribution in [1.29, 1.82) is 0 Å². The summed E-state index contributed by atoms with van der Waals surface area (Å²) in [6.07, 6.45) is 10.4. The van der Waals surface area contributed by atoms with Crippen LogP contribution < -0.4 is 5.32 Å². The third-order valence-electron chi connectivity index (χ3n) is 5.36. The molecular weight excluding hydrogens is 236 g/mol. The van der Waals surface area contributed by atoms with Crippen LogP contribution in [0.5, 0.6) is 0 Å². The van der Waals surface area contributed by atoms with Crippen LogP contribution in [0.15, 0.2) is 0 Å². The van der Waals surface area contributed by atoms with E-state index in [1.165, 1.54) is 58.0 Å². The predicted molar refractivity (Wildman–Crippen MR) is 80.3 cm³/mol. The molecule has 112 valence electrons. The molecule has 2 saturated carbocycles. The molecule has 0 aromatic carbocycles. The minimum atomic E-state index is 0.0139. The zero-order valence-corrected chi connectivity index (χ0v) is 12.8. The first kappa shape index (κ1) is 15.3. The zero-order chi connectivity index (χ0) is 13.7. The number of hydrogen-bond acceptors (Lipinski definition) is 3. The van der Waals surface area contributed by atoms with Crippen molar-refractivity contribution in [3.8, 4) is 0 Å². The highest BCUT2D eigenvalue weighted by atomic mass is 16.3. The predicted octanol–water partition coefficient (Wildman–Crippen LogP) is 2.39. The molecule has 0 amide bonds. The second-order valence-corrected chi connectivity index (χ2v) is 6.56. The topological polar surface area (TPSA) is 35.5 Å². The standard InChI is InChI=1S/C16H32N2O/c1-3-4-11-18(15-7-8-15)12-9-14-6-5-10-16(14,13-19)17-2/h14-15,17,19H,3-13H2,1-2H3. The Balaban J connectivity index is 1.82. The van der Waals surface area contributed by atoms with E-state index in [0.29, 0.717) is 12.5 Å². The van der Waals surface area contributed by atoms with Crippen LogP contribution in [0.3, 0.4) is 0 Å². The summed E-state index contributed by atoms with van der Waals surface area (Å²) in [5.41, 5.74) is 0.0139. The first-order valence-electron chi connectivity index (χ1n) is 8.29. The van der Waals surface area contributed by atoms with E-state index in [2.05, 4.69) is 17.1 Å². The van der Waals surface area contributed by atoms with Crippen molar-refractivity contribution in [3.63, 3.8) is 0 Å². The maximum absolute atomic E-state index is 9.74. The fourth-order valence-corrected chi connectivity index (χ4v) is 3.78. The first-order chi connectivity index (χ1) is 9.25. The van der Waals surface area contributed by atoms with Gasteiger partial charge >= 0.3 is 0 Å². The molecule has 19 heavy (non-hydrogen) atoms. The lowest BCUT2D eigenvalue weighted by molar-refractivity contribution is 0.116. The quantitative estimate of drug-likeness (QED) is 0.674. The van der Waals surface area contributed by atoms with Gasteiger partial charge in [-0.1, -0.05) is 19.8 Å². The molecule has 0 heterocycles. The van der Waals surface area contributed by atoms with Crippen molar-refractivity contribution < 1.29 is 5.11 Å². The van der Waals surface area contributed by atoms with Crippen molar-refractivity contribution >= 4 is 0 Å². The van der Waals surface area contributed by atoms with Gasteiger partial charge in [0.05, 0.1) is 6.61 Å². The van der Waals surface area contributed by atoms with Crippen molar-refractivity contribution in [1.82, 2.24) is 10.2 Å². The molecule has 0 spiro atoms. The van der Waals surface area contributed by atoms with Gasteiger partial charge in [0, 0.05) is 11.6 Å². The molecular formula is C16H32N2O. The normalized spacial score (nSPS) is 31.3. The summed E-state index contributed by atoms with van der Waals surface area (Å²) >= 11 is 0. The molecule has 2 unspecified atom stereocenters. The summed E-state index contributed by atoms with van der Waals surface area (Å²) in [5.74, 6) is 0.658. The van der Waals surface area contributed by atoms with Crippen LogP contribution in [-0.4, -0.2) is 48.3 Å². The van der Waals surface area contributed by atoms with Crippen LogP contribution >= 0.6 is 0 Å². The lowest BCUT2D eigenvalue weighted by Gasteiger charge is -2.35. The van der Waals surface area contributed by atoms with Gasteiger partial charge in [0.2, 0.25) is 0 Å². The first-order valence-corrected chi connectivity index (χ1v) is 8.29. The number of aliphatic hydroxyl groups excluding tert-OH is 1. The molecule has 2 aliphatic carbocycles. The Kier molecular flexibility index (Phi) is 5.67. The molecule has 3 heteroatoms. The Hall–Kier alpha value is -0.120. The van der Waals surface area contributed by atoms with E-state index in [-0.39, 0.29) is 5.54 Å². The number of nitrogens with one attached hydrogen (secondary N) is 1.